The third kappa shape index (κ3) is 3.02. The summed E-state index contributed by atoms with van der Waals surface area (Å²) < 4.78 is 23.4. The van der Waals surface area contributed by atoms with E-state index in [1.54, 1.807) is 23.5 Å². The topological polar surface area (TPSA) is 98.0 Å². The van der Waals surface area contributed by atoms with Gasteiger partial charge in [0.05, 0.1) is 14.6 Å². The third-order valence-corrected chi connectivity index (χ3v) is 4.67. The molecule has 0 saturated carbocycles. The van der Waals surface area contributed by atoms with Gasteiger partial charge >= 0.3 is 0 Å². The van der Waals surface area contributed by atoms with E-state index in [0.29, 0.717) is 11.5 Å². The van der Waals surface area contributed by atoms with E-state index in [9.17, 15) is 8.42 Å². The van der Waals surface area contributed by atoms with E-state index in [1.807, 2.05) is 19.1 Å². The van der Waals surface area contributed by atoms with Gasteiger partial charge in [-0.15, -0.1) is 11.3 Å². The molecule has 0 aliphatic heterocycles. The van der Waals surface area contributed by atoms with Gasteiger partial charge in [-0.1, -0.05) is 0 Å². The van der Waals surface area contributed by atoms with Crippen LogP contribution in [0.3, 0.4) is 0 Å². The van der Waals surface area contributed by atoms with E-state index >= 15 is 0 Å². The van der Waals surface area contributed by atoms with Crippen molar-refractivity contribution in [3.8, 4) is 0 Å². The molecule has 8 heteroatoms. The van der Waals surface area contributed by atoms with Gasteiger partial charge in [0.15, 0.2) is 5.65 Å². The number of pyridine rings is 1. The zero-order chi connectivity index (χ0) is 15.0. The highest BCUT2D eigenvalue weighted by atomic mass is 32.2. The molecule has 3 aromatic rings. The standard InChI is InChI=1S/C13H12N4O2S2/c1-8-15-13-11(20-8)6-7-12(17-13)16-9-2-4-10(5-3-9)21(14,18)19/h2-7H,1H3,(H,16,17)(H2,14,18,19). The normalized spacial score (nSPS) is 11.7. The highest BCUT2D eigenvalue weighted by Gasteiger charge is 2.07. The number of aryl methyl sites for hydroxylation is 1. The van der Waals surface area contributed by atoms with Crippen molar-refractivity contribution in [2.45, 2.75) is 11.8 Å². The molecule has 1 aromatic carbocycles. The molecule has 6 nitrogen and oxygen atoms in total. The van der Waals surface area contributed by atoms with Crippen LogP contribution in [0.1, 0.15) is 5.01 Å². The maximum Gasteiger partial charge on any atom is 0.238 e. The van der Waals surface area contributed by atoms with Gasteiger partial charge in [-0.05, 0) is 43.3 Å². The molecule has 0 unspecified atom stereocenters. The van der Waals surface area contributed by atoms with Crippen molar-refractivity contribution in [3.63, 3.8) is 0 Å². The van der Waals surface area contributed by atoms with Crippen LogP contribution in [0.25, 0.3) is 10.3 Å². The number of hydrogen-bond acceptors (Lipinski definition) is 6. The number of hydrogen-bond donors (Lipinski definition) is 2. The summed E-state index contributed by atoms with van der Waals surface area (Å²) in [6, 6.07) is 9.98. The molecule has 0 spiro atoms. The van der Waals surface area contributed by atoms with Crippen molar-refractivity contribution < 1.29 is 8.42 Å². The second kappa shape index (κ2) is 5.06. The largest absolute Gasteiger partial charge is 0.340 e. The number of aromatic nitrogens is 2. The molecule has 0 radical (unpaired) electrons. The van der Waals surface area contributed by atoms with Crippen LogP contribution in [-0.2, 0) is 10.0 Å². The van der Waals surface area contributed by atoms with Gasteiger partial charge in [-0.3, -0.25) is 0 Å². The Morgan fingerprint density at radius 3 is 2.48 bits per heavy atom. The lowest BCUT2D eigenvalue weighted by atomic mass is 10.3. The molecule has 0 saturated heterocycles. The minimum Gasteiger partial charge on any atom is -0.340 e. The number of nitrogens with zero attached hydrogens (tertiary/aromatic N) is 2. The summed E-state index contributed by atoms with van der Waals surface area (Å²) in [5.74, 6) is 0.649. The quantitative estimate of drug-likeness (QED) is 0.772. The Labute approximate surface area is 125 Å². The molecule has 108 valence electrons. The first-order valence-electron chi connectivity index (χ1n) is 6.06. The van der Waals surface area contributed by atoms with Crippen molar-refractivity contribution in [2.75, 3.05) is 5.32 Å². The SMILES string of the molecule is Cc1nc2nc(Nc3ccc(S(N)(=O)=O)cc3)ccc2s1. The van der Waals surface area contributed by atoms with Crippen molar-refractivity contribution in [1.82, 2.24) is 9.97 Å². The second-order valence-corrected chi connectivity index (χ2v) is 7.24. The van der Waals surface area contributed by atoms with E-state index in [1.165, 1.54) is 12.1 Å². The van der Waals surface area contributed by atoms with Crippen LogP contribution < -0.4 is 10.5 Å². The van der Waals surface area contributed by atoms with Crippen molar-refractivity contribution in [3.05, 3.63) is 41.4 Å². The minimum atomic E-state index is -3.67. The summed E-state index contributed by atoms with van der Waals surface area (Å²) in [5, 5.41) is 9.12. The van der Waals surface area contributed by atoms with Crippen molar-refractivity contribution in [1.29, 1.82) is 0 Å². The van der Waals surface area contributed by atoms with E-state index in [-0.39, 0.29) is 4.90 Å². The maximum absolute atomic E-state index is 11.2. The Balaban J connectivity index is 1.87. The number of sulfonamides is 1. The lowest BCUT2D eigenvalue weighted by molar-refractivity contribution is 0.598. The molecule has 0 atom stereocenters. The number of rotatable bonds is 3. The number of nitrogens with two attached hydrogens (primary N) is 1. The van der Waals surface area contributed by atoms with Gasteiger partial charge in [-0.25, -0.2) is 23.5 Å². The monoisotopic (exact) mass is 320 g/mol. The molecule has 2 aromatic heterocycles. The first-order valence-corrected chi connectivity index (χ1v) is 8.42. The van der Waals surface area contributed by atoms with E-state index < -0.39 is 10.0 Å². The lowest BCUT2D eigenvalue weighted by Gasteiger charge is -2.06. The van der Waals surface area contributed by atoms with E-state index in [0.717, 1.165) is 15.4 Å². The Bertz CT molecular complexity index is 902. The molecule has 3 rings (SSSR count). The van der Waals surface area contributed by atoms with Crippen LogP contribution >= 0.6 is 11.3 Å². The van der Waals surface area contributed by atoms with Crippen LogP contribution in [0.5, 0.6) is 0 Å². The predicted octanol–water partition coefficient (Wildman–Crippen LogP) is 2.39. The Hall–Kier alpha value is -2.03. The van der Waals surface area contributed by atoms with Crippen molar-refractivity contribution >= 4 is 43.2 Å². The number of anilines is 2. The average molecular weight is 320 g/mol. The molecule has 3 N–H and O–H groups in total. The van der Waals surface area contributed by atoms with Crippen LogP contribution in [0, 0.1) is 6.92 Å². The molecule has 21 heavy (non-hydrogen) atoms. The molecule has 0 aliphatic carbocycles. The van der Waals surface area contributed by atoms with E-state index in [4.69, 9.17) is 5.14 Å². The molecular formula is C13H12N4O2S2. The summed E-state index contributed by atoms with van der Waals surface area (Å²) in [7, 11) is -3.67. The fourth-order valence-electron chi connectivity index (χ4n) is 1.87. The van der Waals surface area contributed by atoms with Crippen molar-refractivity contribution in [2.24, 2.45) is 5.14 Å². The third-order valence-electron chi connectivity index (χ3n) is 2.82. The highest BCUT2D eigenvalue weighted by Crippen LogP contribution is 2.23. The Morgan fingerprint density at radius 1 is 1.10 bits per heavy atom. The zero-order valence-electron chi connectivity index (χ0n) is 11.1. The maximum atomic E-state index is 11.2. The van der Waals surface area contributed by atoms with Gasteiger partial charge in [0.2, 0.25) is 10.0 Å². The molecular weight excluding hydrogens is 308 g/mol. The Morgan fingerprint density at radius 2 is 1.81 bits per heavy atom. The number of thiazole rings is 1. The number of fused-ring (bicyclic) bond motifs is 1. The smallest absolute Gasteiger partial charge is 0.238 e. The summed E-state index contributed by atoms with van der Waals surface area (Å²) in [6.45, 7) is 1.94. The van der Waals surface area contributed by atoms with Crippen LogP contribution in [-0.4, -0.2) is 18.4 Å². The Kier molecular flexibility index (Phi) is 3.36. The molecule has 0 fully saturated rings. The first-order chi connectivity index (χ1) is 9.91. The molecule has 0 bridgehead atoms. The average Bonchev–Trinajstić information content (AvgIpc) is 2.78. The summed E-state index contributed by atoms with van der Waals surface area (Å²) in [5.41, 5.74) is 1.42. The summed E-state index contributed by atoms with van der Waals surface area (Å²) >= 11 is 1.59. The molecule has 0 aliphatic rings. The summed E-state index contributed by atoms with van der Waals surface area (Å²) in [6.07, 6.45) is 0. The summed E-state index contributed by atoms with van der Waals surface area (Å²) in [4.78, 5) is 8.82. The fraction of sp³-hybridized carbons (Fsp3) is 0.0769. The van der Waals surface area contributed by atoms with Gasteiger partial charge in [0, 0.05) is 5.69 Å². The predicted molar refractivity (Wildman–Crippen MR) is 83.2 cm³/mol. The van der Waals surface area contributed by atoms with Crippen LogP contribution in [0.4, 0.5) is 11.5 Å². The van der Waals surface area contributed by atoms with Gasteiger partial charge in [0.25, 0.3) is 0 Å². The molecule has 2 heterocycles. The van der Waals surface area contributed by atoms with Gasteiger partial charge in [-0.2, -0.15) is 0 Å². The van der Waals surface area contributed by atoms with Crippen LogP contribution in [0.15, 0.2) is 41.3 Å². The van der Waals surface area contributed by atoms with Gasteiger partial charge in [0.1, 0.15) is 5.82 Å². The molecule has 0 amide bonds. The first kappa shape index (κ1) is 13.9. The fourth-order valence-corrected chi connectivity index (χ4v) is 3.16. The van der Waals surface area contributed by atoms with E-state index in [2.05, 4.69) is 15.3 Å². The van der Waals surface area contributed by atoms with Gasteiger partial charge < -0.3 is 5.32 Å². The highest BCUT2D eigenvalue weighted by molar-refractivity contribution is 7.89. The number of benzene rings is 1. The minimum absolute atomic E-state index is 0.0755. The second-order valence-electron chi connectivity index (χ2n) is 4.45. The lowest BCUT2D eigenvalue weighted by Crippen LogP contribution is -2.11. The zero-order valence-corrected chi connectivity index (χ0v) is 12.7. The van der Waals surface area contributed by atoms with Crippen LogP contribution in [0.2, 0.25) is 0 Å². The number of nitrogens with one attached hydrogen (secondary N) is 1. The number of primary sulfonamides is 1.